The molecule has 0 aromatic carbocycles. The van der Waals surface area contributed by atoms with Crippen molar-refractivity contribution in [3.8, 4) is 0 Å². The fraction of sp³-hybridized carbons (Fsp3) is 0.923. The summed E-state index contributed by atoms with van der Waals surface area (Å²) in [6, 6.07) is 0. The number of hydrogen-bond acceptors (Lipinski definition) is 6. The molecule has 0 N–H and O–H groups in total. The van der Waals surface area contributed by atoms with Crippen molar-refractivity contribution in [2.75, 3.05) is 27.4 Å². The van der Waals surface area contributed by atoms with Crippen LogP contribution in [0, 0.1) is 10.8 Å². The third-order valence-electron chi connectivity index (χ3n) is 6.26. The first-order valence-corrected chi connectivity index (χ1v) is 12.5. The maximum Gasteiger partial charge on any atom is 0.311 e. The van der Waals surface area contributed by atoms with E-state index in [9.17, 15) is 9.59 Å². The summed E-state index contributed by atoms with van der Waals surface area (Å²) < 4.78 is 21.8. The molecule has 0 aliphatic heterocycles. The summed E-state index contributed by atoms with van der Waals surface area (Å²) in [6.45, 7) is 12.4. The van der Waals surface area contributed by atoms with Crippen LogP contribution >= 0.6 is 0 Å². The molecular formula is C26H50O6. The van der Waals surface area contributed by atoms with Crippen LogP contribution in [0.4, 0.5) is 0 Å². The van der Waals surface area contributed by atoms with Gasteiger partial charge in [-0.3, -0.25) is 9.59 Å². The molecule has 0 rings (SSSR count). The Balaban J connectivity index is 4.23. The van der Waals surface area contributed by atoms with Crippen LogP contribution in [0.25, 0.3) is 0 Å². The zero-order valence-corrected chi connectivity index (χ0v) is 22.1. The van der Waals surface area contributed by atoms with Gasteiger partial charge >= 0.3 is 11.9 Å². The zero-order valence-electron chi connectivity index (χ0n) is 22.1. The van der Waals surface area contributed by atoms with Gasteiger partial charge in [-0.2, -0.15) is 0 Å². The van der Waals surface area contributed by atoms with Crippen LogP contribution in [0.15, 0.2) is 0 Å². The third-order valence-corrected chi connectivity index (χ3v) is 6.26. The molecule has 0 aromatic rings. The molecule has 0 amide bonds. The van der Waals surface area contributed by atoms with Gasteiger partial charge in [0.15, 0.2) is 0 Å². The van der Waals surface area contributed by atoms with Crippen molar-refractivity contribution in [3.05, 3.63) is 0 Å². The summed E-state index contributed by atoms with van der Waals surface area (Å²) in [5.74, 6) is -0.222. The highest BCUT2D eigenvalue weighted by Gasteiger charge is 2.29. The van der Waals surface area contributed by atoms with Crippen molar-refractivity contribution in [1.29, 1.82) is 0 Å². The molecule has 0 saturated carbocycles. The van der Waals surface area contributed by atoms with E-state index >= 15 is 0 Å². The Morgan fingerprint density at radius 2 is 0.969 bits per heavy atom. The number of rotatable bonds is 19. The normalized spacial score (nSPS) is 14.1. The molecule has 0 bridgehead atoms. The molecule has 0 radical (unpaired) electrons. The van der Waals surface area contributed by atoms with Crippen LogP contribution in [-0.2, 0) is 28.5 Å². The SMILES string of the molecule is CCOC(=O)C(C)(C)CCCCC[C@H](OC)[C@H](CCCCCC(C)(C)C(=O)OCC)OC. The monoisotopic (exact) mass is 458 g/mol. The molecule has 0 aliphatic rings. The lowest BCUT2D eigenvalue weighted by Gasteiger charge is -2.26. The van der Waals surface area contributed by atoms with E-state index < -0.39 is 10.8 Å². The fourth-order valence-corrected chi connectivity index (χ4v) is 3.95. The Morgan fingerprint density at radius 1 is 0.625 bits per heavy atom. The molecule has 0 fully saturated rings. The Kier molecular flexibility index (Phi) is 15.9. The topological polar surface area (TPSA) is 71.1 Å². The van der Waals surface area contributed by atoms with Gasteiger partial charge in [-0.25, -0.2) is 0 Å². The highest BCUT2D eigenvalue weighted by Crippen LogP contribution is 2.28. The second-order valence-electron chi connectivity index (χ2n) is 9.96. The number of esters is 2. The molecule has 0 unspecified atom stereocenters. The maximum absolute atomic E-state index is 12.0. The van der Waals surface area contributed by atoms with Gasteiger partial charge in [-0.05, 0) is 67.2 Å². The summed E-state index contributed by atoms with van der Waals surface area (Å²) in [7, 11) is 3.50. The molecule has 0 aliphatic carbocycles. The molecule has 0 aromatic heterocycles. The fourth-order valence-electron chi connectivity index (χ4n) is 3.95. The van der Waals surface area contributed by atoms with Crippen LogP contribution in [0.5, 0.6) is 0 Å². The second-order valence-corrected chi connectivity index (χ2v) is 9.96. The summed E-state index contributed by atoms with van der Waals surface area (Å²) in [4.78, 5) is 24.0. The lowest BCUT2D eigenvalue weighted by atomic mass is 9.86. The smallest absolute Gasteiger partial charge is 0.311 e. The van der Waals surface area contributed by atoms with Gasteiger partial charge in [0, 0.05) is 14.2 Å². The van der Waals surface area contributed by atoms with Crippen LogP contribution in [0.2, 0.25) is 0 Å². The van der Waals surface area contributed by atoms with Crippen molar-refractivity contribution in [1.82, 2.24) is 0 Å². The first kappa shape index (κ1) is 30.9. The van der Waals surface area contributed by atoms with Gasteiger partial charge < -0.3 is 18.9 Å². The standard InChI is InChI=1S/C26H50O6/c1-9-31-23(27)25(3,4)19-15-11-13-17-21(29-7)22(30-8)18-14-12-16-20-26(5,6)24(28)32-10-2/h21-22H,9-20H2,1-8H3/t21-,22-/m0/s1. The van der Waals surface area contributed by atoms with E-state index in [-0.39, 0.29) is 24.1 Å². The average Bonchev–Trinajstić information content (AvgIpc) is 2.74. The number of hydrogen-bond donors (Lipinski definition) is 0. The second kappa shape index (κ2) is 16.5. The molecule has 32 heavy (non-hydrogen) atoms. The van der Waals surface area contributed by atoms with Crippen LogP contribution < -0.4 is 0 Å². The number of carbonyl (C=O) groups is 2. The van der Waals surface area contributed by atoms with Crippen molar-refractivity contribution >= 4 is 11.9 Å². The quantitative estimate of drug-likeness (QED) is 0.172. The van der Waals surface area contributed by atoms with Crippen LogP contribution in [-0.4, -0.2) is 51.6 Å². The molecule has 6 heteroatoms. The number of unbranched alkanes of at least 4 members (excludes halogenated alkanes) is 4. The van der Waals surface area contributed by atoms with Crippen molar-refractivity contribution in [3.63, 3.8) is 0 Å². The molecular weight excluding hydrogens is 408 g/mol. The number of methoxy groups -OCH3 is 2. The Labute approximate surface area is 197 Å². The van der Waals surface area contributed by atoms with Gasteiger partial charge in [0.25, 0.3) is 0 Å². The molecule has 2 atom stereocenters. The minimum absolute atomic E-state index is 0.0778. The molecule has 0 heterocycles. The maximum atomic E-state index is 12.0. The van der Waals surface area contributed by atoms with E-state index in [1.807, 2.05) is 41.5 Å². The number of carbonyl (C=O) groups excluding carboxylic acids is 2. The average molecular weight is 459 g/mol. The first-order chi connectivity index (χ1) is 15.1. The van der Waals surface area contributed by atoms with Crippen molar-refractivity contribution in [2.24, 2.45) is 10.8 Å². The van der Waals surface area contributed by atoms with E-state index in [0.29, 0.717) is 13.2 Å². The van der Waals surface area contributed by atoms with Gasteiger partial charge in [-0.1, -0.05) is 38.5 Å². The summed E-state index contributed by atoms with van der Waals surface area (Å²) in [5, 5.41) is 0. The van der Waals surface area contributed by atoms with Crippen LogP contribution in [0.1, 0.15) is 106 Å². The van der Waals surface area contributed by atoms with Gasteiger partial charge in [0.2, 0.25) is 0 Å². The zero-order chi connectivity index (χ0) is 24.6. The van der Waals surface area contributed by atoms with E-state index in [0.717, 1.165) is 64.2 Å². The van der Waals surface area contributed by atoms with Crippen molar-refractivity contribution in [2.45, 2.75) is 118 Å². The summed E-state index contributed by atoms with van der Waals surface area (Å²) in [6.07, 6.45) is 9.92. The Bertz CT molecular complexity index is 468. The molecule has 0 spiro atoms. The largest absolute Gasteiger partial charge is 0.466 e. The molecule has 6 nitrogen and oxygen atoms in total. The Morgan fingerprint density at radius 3 is 1.25 bits per heavy atom. The van der Waals surface area contributed by atoms with Crippen molar-refractivity contribution < 1.29 is 28.5 Å². The summed E-state index contributed by atoms with van der Waals surface area (Å²) in [5.41, 5.74) is -0.846. The Hall–Kier alpha value is -1.14. The predicted molar refractivity (Wildman–Crippen MR) is 129 cm³/mol. The van der Waals surface area contributed by atoms with E-state index in [1.165, 1.54) is 0 Å². The van der Waals surface area contributed by atoms with E-state index in [4.69, 9.17) is 18.9 Å². The van der Waals surface area contributed by atoms with Gasteiger partial charge in [0.1, 0.15) is 0 Å². The molecule has 0 saturated heterocycles. The third kappa shape index (κ3) is 12.2. The number of ether oxygens (including phenoxy) is 4. The highest BCUT2D eigenvalue weighted by molar-refractivity contribution is 5.76. The van der Waals surface area contributed by atoms with Gasteiger partial charge in [0.05, 0.1) is 36.3 Å². The van der Waals surface area contributed by atoms with Gasteiger partial charge in [-0.15, -0.1) is 0 Å². The lowest BCUT2D eigenvalue weighted by Crippen LogP contribution is -2.30. The molecule has 190 valence electrons. The highest BCUT2D eigenvalue weighted by atomic mass is 16.5. The van der Waals surface area contributed by atoms with E-state index in [1.54, 1.807) is 14.2 Å². The minimum atomic E-state index is -0.423. The summed E-state index contributed by atoms with van der Waals surface area (Å²) >= 11 is 0. The first-order valence-electron chi connectivity index (χ1n) is 12.5. The van der Waals surface area contributed by atoms with E-state index in [2.05, 4.69) is 0 Å². The minimum Gasteiger partial charge on any atom is -0.466 e. The van der Waals surface area contributed by atoms with Crippen LogP contribution in [0.3, 0.4) is 0 Å². The lowest BCUT2D eigenvalue weighted by molar-refractivity contribution is -0.154. The predicted octanol–water partition coefficient (Wildman–Crippen LogP) is 6.10.